The van der Waals surface area contributed by atoms with E-state index in [1.54, 1.807) is 37.4 Å². The van der Waals surface area contributed by atoms with E-state index in [-0.39, 0.29) is 0 Å². The van der Waals surface area contributed by atoms with Gasteiger partial charge in [-0.3, -0.25) is 4.90 Å². The molecule has 1 unspecified atom stereocenters. The first-order chi connectivity index (χ1) is 10.6. The van der Waals surface area contributed by atoms with Gasteiger partial charge in [0, 0.05) is 23.3 Å². The first-order valence-electron chi connectivity index (χ1n) is 6.76. The molecule has 112 valence electrons. The molecule has 1 amide bonds. The van der Waals surface area contributed by atoms with E-state index in [1.807, 2.05) is 18.2 Å². The van der Waals surface area contributed by atoms with Crippen LogP contribution in [0, 0.1) is 0 Å². The number of carbonyl (C=O) groups excluding carboxylic acids is 1. The van der Waals surface area contributed by atoms with E-state index in [0.717, 1.165) is 11.1 Å². The highest BCUT2D eigenvalue weighted by molar-refractivity contribution is 6.30. The van der Waals surface area contributed by atoms with Crippen LogP contribution in [-0.4, -0.2) is 18.2 Å². The van der Waals surface area contributed by atoms with Crippen LogP contribution in [0.25, 0.3) is 5.76 Å². The summed E-state index contributed by atoms with van der Waals surface area (Å²) in [5, 5.41) is 10.6. The number of benzene rings is 2. The zero-order chi connectivity index (χ0) is 15.7. The monoisotopic (exact) mass is 315 g/mol. The van der Waals surface area contributed by atoms with Gasteiger partial charge in [-0.25, -0.2) is 4.79 Å². The fourth-order valence-corrected chi connectivity index (χ4v) is 2.45. The van der Waals surface area contributed by atoms with Gasteiger partial charge in [0.1, 0.15) is 11.9 Å². The highest BCUT2D eigenvalue weighted by Gasteiger charge is 2.25. The number of hydrogen-bond donors (Lipinski definition) is 1. The predicted octanol–water partition coefficient (Wildman–Crippen LogP) is 4.00. The van der Waals surface area contributed by atoms with Crippen molar-refractivity contribution in [3.8, 4) is 0 Å². The fraction of sp³-hybridized carbons (Fsp3) is 0.118. The Hall–Kier alpha value is -2.30. The Balaban J connectivity index is 1.78. The molecule has 2 aromatic carbocycles. The average molecular weight is 316 g/mol. The molecule has 4 nitrogen and oxygen atoms in total. The number of halogens is 1. The lowest BCUT2D eigenvalue weighted by Crippen LogP contribution is -2.26. The molecule has 2 aromatic rings. The Morgan fingerprint density at radius 2 is 1.86 bits per heavy atom. The van der Waals surface area contributed by atoms with Gasteiger partial charge < -0.3 is 9.84 Å². The number of amides is 1. The van der Waals surface area contributed by atoms with Crippen LogP contribution in [0.15, 0.2) is 54.6 Å². The lowest BCUT2D eigenvalue weighted by Gasteiger charge is -2.17. The number of ether oxygens (including phenoxy) is 1. The normalized spacial score (nSPS) is 16.0. The molecule has 0 heterocycles. The van der Waals surface area contributed by atoms with Crippen LogP contribution in [0.3, 0.4) is 0 Å². The molecule has 1 atom stereocenters. The number of rotatable bonds is 2. The second kappa shape index (κ2) is 5.83. The van der Waals surface area contributed by atoms with Crippen LogP contribution in [0.1, 0.15) is 17.2 Å². The summed E-state index contributed by atoms with van der Waals surface area (Å²) in [6, 6.07) is 14.2. The van der Waals surface area contributed by atoms with Gasteiger partial charge in [-0.2, -0.15) is 0 Å². The first-order valence-corrected chi connectivity index (χ1v) is 7.14. The molecule has 0 bridgehead atoms. The van der Waals surface area contributed by atoms with Crippen molar-refractivity contribution in [1.29, 1.82) is 0 Å². The molecule has 22 heavy (non-hydrogen) atoms. The molecule has 1 N–H and O–H groups in total. The van der Waals surface area contributed by atoms with Gasteiger partial charge in [-0.1, -0.05) is 35.9 Å². The highest BCUT2D eigenvalue weighted by Crippen LogP contribution is 2.35. The third-order valence-electron chi connectivity index (χ3n) is 3.54. The molecule has 1 aliphatic rings. The van der Waals surface area contributed by atoms with E-state index >= 15 is 0 Å². The maximum atomic E-state index is 12.2. The Morgan fingerprint density at radius 3 is 2.59 bits per heavy atom. The summed E-state index contributed by atoms with van der Waals surface area (Å²) in [4.78, 5) is 13.6. The summed E-state index contributed by atoms with van der Waals surface area (Å²) in [5.41, 5.74) is 2.13. The van der Waals surface area contributed by atoms with Gasteiger partial charge >= 0.3 is 6.09 Å². The summed E-state index contributed by atoms with van der Waals surface area (Å²) < 4.78 is 5.41. The smallest absolute Gasteiger partial charge is 0.410 e. The number of hydrogen-bond acceptors (Lipinski definition) is 3. The molecular weight excluding hydrogens is 302 g/mol. The van der Waals surface area contributed by atoms with Crippen molar-refractivity contribution in [2.24, 2.45) is 0 Å². The van der Waals surface area contributed by atoms with Crippen LogP contribution in [-0.2, 0) is 4.74 Å². The summed E-state index contributed by atoms with van der Waals surface area (Å²) in [6.07, 6.45) is 0.246. The third kappa shape index (κ3) is 2.71. The third-order valence-corrected chi connectivity index (χ3v) is 3.79. The SMILES string of the molecule is CN(C(=O)OC1=CC(O)c2ccccc21)c1ccc(Cl)cc1. The average Bonchev–Trinajstić information content (AvgIpc) is 2.84. The van der Waals surface area contributed by atoms with Gasteiger partial charge in [0.05, 0.1) is 0 Å². The summed E-state index contributed by atoms with van der Waals surface area (Å²) in [5.74, 6) is 0.369. The quantitative estimate of drug-likeness (QED) is 0.911. The van der Waals surface area contributed by atoms with E-state index in [1.165, 1.54) is 11.0 Å². The Bertz CT molecular complexity index is 740. The zero-order valence-electron chi connectivity index (χ0n) is 11.9. The summed E-state index contributed by atoms with van der Waals surface area (Å²) in [7, 11) is 1.61. The van der Waals surface area contributed by atoms with Crippen molar-refractivity contribution < 1.29 is 14.6 Å². The summed E-state index contributed by atoms with van der Waals surface area (Å²) in [6.45, 7) is 0. The molecule has 0 aromatic heterocycles. The van der Waals surface area contributed by atoms with Crippen LogP contribution in [0.5, 0.6) is 0 Å². The minimum Gasteiger partial charge on any atom is -0.410 e. The van der Waals surface area contributed by atoms with Gasteiger partial charge in [-0.15, -0.1) is 0 Å². The van der Waals surface area contributed by atoms with E-state index in [0.29, 0.717) is 16.5 Å². The molecule has 0 aliphatic heterocycles. The van der Waals surface area contributed by atoms with Crippen molar-refractivity contribution in [3.05, 3.63) is 70.8 Å². The number of aliphatic hydroxyl groups is 1. The van der Waals surface area contributed by atoms with Gasteiger partial charge in [-0.05, 0) is 35.9 Å². The van der Waals surface area contributed by atoms with Crippen molar-refractivity contribution in [2.45, 2.75) is 6.10 Å². The lowest BCUT2D eigenvalue weighted by atomic mass is 10.1. The van der Waals surface area contributed by atoms with E-state index in [2.05, 4.69) is 0 Å². The maximum Gasteiger partial charge on any atom is 0.419 e. The predicted molar refractivity (Wildman–Crippen MR) is 85.7 cm³/mol. The molecule has 0 spiro atoms. The number of aliphatic hydroxyl groups excluding tert-OH is 1. The number of anilines is 1. The molecule has 0 saturated heterocycles. The van der Waals surface area contributed by atoms with Crippen LogP contribution in [0.2, 0.25) is 5.02 Å². The topological polar surface area (TPSA) is 49.8 Å². The number of fused-ring (bicyclic) bond motifs is 1. The maximum absolute atomic E-state index is 12.2. The molecule has 3 rings (SSSR count). The van der Waals surface area contributed by atoms with Gasteiger partial charge in [0.25, 0.3) is 0 Å². The van der Waals surface area contributed by atoms with Crippen molar-refractivity contribution in [3.63, 3.8) is 0 Å². The number of carbonyl (C=O) groups is 1. The molecule has 5 heteroatoms. The molecule has 0 radical (unpaired) electrons. The van der Waals surface area contributed by atoms with Crippen LogP contribution in [0.4, 0.5) is 10.5 Å². The van der Waals surface area contributed by atoms with Crippen LogP contribution < -0.4 is 4.90 Å². The van der Waals surface area contributed by atoms with E-state index in [4.69, 9.17) is 16.3 Å². The minimum absolute atomic E-state index is 0.369. The van der Waals surface area contributed by atoms with Crippen LogP contribution >= 0.6 is 11.6 Å². The molecule has 1 aliphatic carbocycles. The molecule has 0 saturated carbocycles. The van der Waals surface area contributed by atoms with E-state index < -0.39 is 12.2 Å². The van der Waals surface area contributed by atoms with Gasteiger partial charge in [0.15, 0.2) is 0 Å². The largest absolute Gasteiger partial charge is 0.419 e. The Labute approximate surface area is 133 Å². The molecule has 0 fully saturated rings. The van der Waals surface area contributed by atoms with Crippen molar-refractivity contribution >= 4 is 29.1 Å². The van der Waals surface area contributed by atoms with E-state index in [9.17, 15) is 9.90 Å². The first kappa shape index (κ1) is 14.6. The second-order valence-corrected chi connectivity index (χ2v) is 5.40. The highest BCUT2D eigenvalue weighted by atomic mass is 35.5. The zero-order valence-corrected chi connectivity index (χ0v) is 12.6. The Morgan fingerprint density at radius 1 is 1.18 bits per heavy atom. The van der Waals surface area contributed by atoms with Crippen molar-refractivity contribution in [1.82, 2.24) is 0 Å². The minimum atomic E-state index is -0.750. The standard InChI is InChI=1S/C17H14ClNO3/c1-19(12-8-6-11(18)7-9-12)17(21)22-16-10-15(20)13-4-2-3-5-14(13)16/h2-10,15,20H,1H3. The second-order valence-electron chi connectivity index (χ2n) is 4.97. The van der Waals surface area contributed by atoms with Crippen molar-refractivity contribution in [2.75, 3.05) is 11.9 Å². The molecular formula is C17H14ClNO3. The lowest BCUT2D eigenvalue weighted by molar-refractivity contribution is 0.200. The Kier molecular flexibility index (Phi) is 3.88. The summed E-state index contributed by atoms with van der Waals surface area (Å²) >= 11 is 5.83. The van der Waals surface area contributed by atoms with Gasteiger partial charge in [0.2, 0.25) is 0 Å². The fourth-order valence-electron chi connectivity index (χ4n) is 2.32. The number of nitrogens with zero attached hydrogens (tertiary/aromatic N) is 1.